The highest BCUT2D eigenvalue weighted by Gasteiger charge is 2.39. The van der Waals surface area contributed by atoms with E-state index < -0.39 is 42.9 Å². The van der Waals surface area contributed by atoms with Crippen molar-refractivity contribution in [2.24, 2.45) is 0 Å². The predicted molar refractivity (Wildman–Crippen MR) is 66.5 cm³/mol. The van der Waals surface area contributed by atoms with Gasteiger partial charge in [0.05, 0.1) is 18.8 Å². The molecule has 2 heterocycles. The number of aliphatic hydroxyl groups is 4. The Hall–Kier alpha value is -1.52. The molecule has 9 heteroatoms. The lowest BCUT2D eigenvalue weighted by Gasteiger charge is -2.26. The molecule has 0 aliphatic carbocycles. The standard InChI is InChI=1S/C11H17N3O6/c12-8-1-2-14(11(19)13-8)10-9(18)6(17)3-5(16)7(4-15)20-10/h1-2,5-7,9-10,15-18H,3-4H2,(H2,12,13,19)/t5-,6+,7+,9+,10+/m0/s1. The Morgan fingerprint density at radius 3 is 2.70 bits per heavy atom. The number of aromatic nitrogens is 2. The zero-order chi connectivity index (χ0) is 14.9. The van der Waals surface area contributed by atoms with Gasteiger partial charge in [-0.25, -0.2) is 4.79 Å². The molecular weight excluding hydrogens is 270 g/mol. The summed E-state index contributed by atoms with van der Waals surface area (Å²) < 4.78 is 6.28. The highest BCUT2D eigenvalue weighted by Crippen LogP contribution is 2.26. The first kappa shape index (κ1) is 14.9. The van der Waals surface area contributed by atoms with Crippen LogP contribution in [0.15, 0.2) is 17.1 Å². The fourth-order valence-corrected chi connectivity index (χ4v) is 2.09. The number of aliphatic hydroxyl groups excluding tert-OH is 4. The lowest BCUT2D eigenvalue weighted by atomic mass is 10.0. The number of ether oxygens (including phenoxy) is 1. The van der Waals surface area contributed by atoms with E-state index in [4.69, 9.17) is 15.6 Å². The van der Waals surface area contributed by atoms with Gasteiger partial charge >= 0.3 is 5.69 Å². The van der Waals surface area contributed by atoms with E-state index in [9.17, 15) is 20.1 Å². The molecule has 1 aliphatic heterocycles. The van der Waals surface area contributed by atoms with Crippen LogP contribution in [0.1, 0.15) is 12.6 Å². The third kappa shape index (κ3) is 2.81. The summed E-state index contributed by atoms with van der Waals surface area (Å²) >= 11 is 0. The maximum Gasteiger partial charge on any atom is 0.351 e. The molecule has 112 valence electrons. The van der Waals surface area contributed by atoms with Gasteiger partial charge in [-0.1, -0.05) is 0 Å². The van der Waals surface area contributed by atoms with Gasteiger partial charge in [0.1, 0.15) is 18.0 Å². The van der Waals surface area contributed by atoms with Crippen molar-refractivity contribution in [2.75, 3.05) is 12.3 Å². The van der Waals surface area contributed by atoms with Crippen molar-refractivity contribution < 1.29 is 25.2 Å². The van der Waals surface area contributed by atoms with E-state index in [0.29, 0.717) is 0 Å². The number of anilines is 1. The lowest BCUT2D eigenvalue weighted by molar-refractivity contribution is -0.152. The van der Waals surface area contributed by atoms with Gasteiger partial charge in [0.2, 0.25) is 0 Å². The molecule has 1 aromatic rings. The maximum absolute atomic E-state index is 11.8. The van der Waals surface area contributed by atoms with Crippen LogP contribution in [0, 0.1) is 0 Å². The Labute approximate surface area is 113 Å². The Kier molecular flexibility index (Phi) is 4.35. The van der Waals surface area contributed by atoms with Crippen LogP contribution in [0.2, 0.25) is 0 Å². The molecule has 0 radical (unpaired) electrons. The first-order valence-electron chi connectivity index (χ1n) is 6.09. The van der Waals surface area contributed by atoms with E-state index >= 15 is 0 Å². The fourth-order valence-electron chi connectivity index (χ4n) is 2.09. The number of nitrogen functional groups attached to an aromatic ring is 1. The molecular formula is C11H17N3O6. The van der Waals surface area contributed by atoms with Crippen LogP contribution in [-0.2, 0) is 4.74 Å². The van der Waals surface area contributed by atoms with Gasteiger partial charge in [-0.3, -0.25) is 4.57 Å². The molecule has 0 bridgehead atoms. The minimum absolute atomic E-state index is 0.00801. The summed E-state index contributed by atoms with van der Waals surface area (Å²) in [6.45, 7) is -0.520. The molecule has 2 rings (SSSR count). The van der Waals surface area contributed by atoms with E-state index in [2.05, 4.69) is 4.98 Å². The molecule has 20 heavy (non-hydrogen) atoms. The second kappa shape index (κ2) is 5.85. The molecule has 1 saturated heterocycles. The summed E-state index contributed by atoms with van der Waals surface area (Å²) in [7, 11) is 0. The molecule has 0 aromatic carbocycles. The molecule has 5 atom stereocenters. The second-order valence-corrected chi connectivity index (χ2v) is 4.65. The molecule has 1 aliphatic rings. The quantitative estimate of drug-likeness (QED) is 0.391. The van der Waals surface area contributed by atoms with E-state index in [0.717, 1.165) is 4.57 Å². The normalized spacial score (nSPS) is 34.7. The average Bonchev–Trinajstić information content (AvgIpc) is 2.49. The van der Waals surface area contributed by atoms with E-state index in [1.807, 2.05) is 0 Å². The van der Waals surface area contributed by atoms with Gasteiger partial charge in [-0.2, -0.15) is 4.98 Å². The zero-order valence-corrected chi connectivity index (χ0v) is 10.5. The minimum Gasteiger partial charge on any atom is -0.394 e. The molecule has 1 fully saturated rings. The smallest absolute Gasteiger partial charge is 0.351 e. The number of nitrogens with zero attached hydrogens (tertiary/aromatic N) is 2. The Morgan fingerprint density at radius 2 is 2.10 bits per heavy atom. The summed E-state index contributed by atoms with van der Waals surface area (Å²) in [5.74, 6) is 0.00801. The van der Waals surface area contributed by atoms with Crippen molar-refractivity contribution >= 4 is 5.82 Å². The summed E-state index contributed by atoms with van der Waals surface area (Å²) in [6.07, 6.45) is -5.15. The van der Waals surface area contributed by atoms with Crippen molar-refractivity contribution in [3.8, 4) is 0 Å². The zero-order valence-electron chi connectivity index (χ0n) is 10.5. The van der Waals surface area contributed by atoms with Gasteiger partial charge in [0.15, 0.2) is 6.23 Å². The fraction of sp³-hybridized carbons (Fsp3) is 0.636. The number of hydrogen-bond donors (Lipinski definition) is 5. The van der Waals surface area contributed by atoms with Crippen molar-refractivity contribution in [3.05, 3.63) is 22.7 Å². The lowest BCUT2D eigenvalue weighted by Crippen LogP contribution is -2.41. The highest BCUT2D eigenvalue weighted by atomic mass is 16.5. The van der Waals surface area contributed by atoms with Crippen molar-refractivity contribution in [2.45, 2.75) is 37.1 Å². The SMILES string of the molecule is Nc1ccn([C@@H]2O[C@H](CO)[C@@H](O)C[C@@H](O)[C@H]2O)c(=O)n1. The highest BCUT2D eigenvalue weighted by molar-refractivity contribution is 5.23. The van der Waals surface area contributed by atoms with Gasteiger partial charge < -0.3 is 30.9 Å². The Balaban J connectivity index is 2.38. The van der Waals surface area contributed by atoms with Gasteiger partial charge in [-0.15, -0.1) is 0 Å². The van der Waals surface area contributed by atoms with Crippen LogP contribution in [0.5, 0.6) is 0 Å². The minimum atomic E-state index is -1.45. The van der Waals surface area contributed by atoms with Gasteiger partial charge in [0.25, 0.3) is 0 Å². The van der Waals surface area contributed by atoms with E-state index in [1.165, 1.54) is 12.3 Å². The monoisotopic (exact) mass is 287 g/mol. The molecule has 0 saturated carbocycles. The summed E-state index contributed by atoms with van der Waals surface area (Å²) in [6, 6.07) is 1.33. The summed E-state index contributed by atoms with van der Waals surface area (Å²) in [4.78, 5) is 15.3. The number of nitrogens with two attached hydrogens (primary N) is 1. The topological polar surface area (TPSA) is 151 Å². The molecule has 0 amide bonds. The molecule has 1 aromatic heterocycles. The van der Waals surface area contributed by atoms with Crippen molar-refractivity contribution in [3.63, 3.8) is 0 Å². The van der Waals surface area contributed by atoms with Gasteiger partial charge in [0, 0.05) is 12.6 Å². The molecule has 6 N–H and O–H groups in total. The van der Waals surface area contributed by atoms with Crippen LogP contribution >= 0.6 is 0 Å². The molecule has 9 nitrogen and oxygen atoms in total. The van der Waals surface area contributed by atoms with Crippen LogP contribution in [0.3, 0.4) is 0 Å². The third-order valence-electron chi connectivity index (χ3n) is 3.22. The largest absolute Gasteiger partial charge is 0.394 e. The van der Waals surface area contributed by atoms with Crippen LogP contribution in [0.25, 0.3) is 0 Å². The van der Waals surface area contributed by atoms with Crippen LogP contribution in [0.4, 0.5) is 5.82 Å². The predicted octanol–water partition coefficient (Wildman–Crippen LogP) is -2.81. The van der Waals surface area contributed by atoms with E-state index in [-0.39, 0.29) is 12.2 Å². The van der Waals surface area contributed by atoms with E-state index in [1.54, 1.807) is 0 Å². The first-order valence-corrected chi connectivity index (χ1v) is 6.09. The number of hydrogen-bond acceptors (Lipinski definition) is 8. The first-order chi connectivity index (χ1) is 9.43. The average molecular weight is 287 g/mol. The van der Waals surface area contributed by atoms with Crippen molar-refractivity contribution in [1.29, 1.82) is 0 Å². The van der Waals surface area contributed by atoms with Gasteiger partial charge in [-0.05, 0) is 6.07 Å². The third-order valence-corrected chi connectivity index (χ3v) is 3.22. The number of rotatable bonds is 2. The Morgan fingerprint density at radius 1 is 1.40 bits per heavy atom. The maximum atomic E-state index is 11.8. The van der Waals surface area contributed by atoms with Crippen LogP contribution in [-0.4, -0.2) is 61.0 Å². The second-order valence-electron chi connectivity index (χ2n) is 4.65. The Bertz CT molecular complexity index is 521. The summed E-state index contributed by atoms with van der Waals surface area (Å²) in [5.41, 5.74) is 4.60. The summed E-state index contributed by atoms with van der Waals surface area (Å²) in [5, 5.41) is 38.7. The molecule has 0 unspecified atom stereocenters. The van der Waals surface area contributed by atoms with Crippen molar-refractivity contribution in [1.82, 2.24) is 9.55 Å². The van der Waals surface area contributed by atoms with Crippen LogP contribution < -0.4 is 11.4 Å². The molecule has 0 spiro atoms.